The Hall–Kier alpha value is -2.45. The Labute approximate surface area is 170 Å². The Morgan fingerprint density at radius 3 is 2.83 bits per heavy atom. The van der Waals surface area contributed by atoms with E-state index >= 15 is 0 Å². The van der Waals surface area contributed by atoms with Gasteiger partial charge >= 0.3 is 0 Å². The summed E-state index contributed by atoms with van der Waals surface area (Å²) in [5, 5.41) is 3.73. The van der Waals surface area contributed by atoms with E-state index in [0.29, 0.717) is 11.9 Å². The number of carbonyl (C=O) groups is 1. The summed E-state index contributed by atoms with van der Waals surface area (Å²) in [6.45, 7) is 4.07. The smallest absolute Gasteiger partial charge is 0.292 e. The van der Waals surface area contributed by atoms with E-state index in [1.165, 1.54) is 12.7 Å². The molecule has 29 heavy (non-hydrogen) atoms. The van der Waals surface area contributed by atoms with E-state index in [-0.39, 0.29) is 17.1 Å². The van der Waals surface area contributed by atoms with Crippen molar-refractivity contribution in [2.75, 3.05) is 40.5 Å². The lowest BCUT2D eigenvalue weighted by atomic mass is 9.76. The molecule has 2 aliphatic heterocycles. The maximum Gasteiger partial charge on any atom is 0.292 e. The van der Waals surface area contributed by atoms with Crippen LogP contribution in [0, 0.1) is 5.41 Å². The lowest BCUT2D eigenvalue weighted by Gasteiger charge is -2.39. The van der Waals surface area contributed by atoms with E-state index in [0.717, 1.165) is 52.0 Å². The molecule has 2 fully saturated rings. The fourth-order valence-electron chi connectivity index (χ4n) is 4.68. The lowest BCUT2D eigenvalue weighted by Crippen LogP contribution is -2.44. The molecule has 1 spiro atoms. The Bertz CT molecular complexity index is 817. The molecular weight excluding hydrogens is 372 g/mol. The predicted octanol–water partition coefficient (Wildman–Crippen LogP) is 2.22. The molecular formula is C21H28N4O4. The Balaban J connectivity index is 1.39. The zero-order chi connectivity index (χ0) is 20.3. The molecule has 1 amide bonds. The molecule has 2 aromatic rings. The second kappa shape index (κ2) is 8.51. The molecule has 0 bridgehead atoms. The van der Waals surface area contributed by atoms with Gasteiger partial charge in [0.1, 0.15) is 0 Å². The van der Waals surface area contributed by atoms with Crippen LogP contribution < -0.4 is 4.74 Å². The number of aromatic nitrogens is 2. The van der Waals surface area contributed by atoms with Gasteiger partial charge < -0.3 is 18.9 Å². The van der Waals surface area contributed by atoms with Crippen molar-refractivity contribution in [2.24, 2.45) is 5.41 Å². The molecule has 4 rings (SSSR count). The molecule has 0 N–H and O–H groups in total. The highest BCUT2D eigenvalue weighted by atomic mass is 16.5. The minimum Gasteiger partial charge on any atom is -0.479 e. The van der Waals surface area contributed by atoms with Crippen LogP contribution in [0.5, 0.6) is 5.88 Å². The molecule has 8 nitrogen and oxygen atoms in total. The van der Waals surface area contributed by atoms with Crippen LogP contribution in [0.3, 0.4) is 0 Å². The lowest BCUT2D eigenvalue weighted by molar-refractivity contribution is 0.0549. The van der Waals surface area contributed by atoms with E-state index in [9.17, 15) is 4.79 Å². The molecule has 0 aromatic carbocycles. The van der Waals surface area contributed by atoms with Crippen LogP contribution in [-0.2, 0) is 11.3 Å². The van der Waals surface area contributed by atoms with Gasteiger partial charge in [0.2, 0.25) is 5.76 Å². The minimum absolute atomic E-state index is 0.116. The summed E-state index contributed by atoms with van der Waals surface area (Å²) in [7, 11) is 3.27. The van der Waals surface area contributed by atoms with Gasteiger partial charge in [-0.15, -0.1) is 0 Å². The number of piperidine rings is 1. The predicted molar refractivity (Wildman–Crippen MR) is 106 cm³/mol. The highest BCUT2D eigenvalue weighted by Gasteiger charge is 2.46. The topological polar surface area (TPSA) is 80.9 Å². The minimum atomic E-state index is -0.116. The molecule has 2 aliphatic rings. The number of hydrogen-bond acceptors (Lipinski definition) is 7. The van der Waals surface area contributed by atoms with Crippen molar-refractivity contribution in [3.05, 3.63) is 41.9 Å². The number of ether oxygens (including phenoxy) is 2. The fourth-order valence-corrected chi connectivity index (χ4v) is 4.68. The standard InChI is InChI=1S/C21H28N4O4/c1-27-14-17-11-21(15-25(17)13-16-4-3-7-22-12-16)5-8-24(9-6-21)20(26)18-10-19(28-2)23-29-18/h3-4,7,10,12,17H,5-6,8-9,11,13-15H2,1-2H3. The fraction of sp³-hybridized carbons (Fsp3) is 0.571. The number of amides is 1. The first kappa shape index (κ1) is 19.8. The van der Waals surface area contributed by atoms with Crippen LogP contribution in [0.25, 0.3) is 0 Å². The number of rotatable bonds is 6. The van der Waals surface area contributed by atoms with Gasteiger partial charge in [-0.1, -0.05) is 6.07 Å². The Kier molecular flexibility index (Phi) is 5.82. The third-order valence-corrected chi connectivity index (χ3v) is 6.21. The number of nitrogens with zero attached hydrogens (tertiary/aromatic N) is 4. The normalized spacial score (nSPS) is 21.6. The number of carbonyl (C=O) groups excluding carboxylic acids is 1. The molecule has 1 atom stereocenters. The molecule has 2 aromatic heterocycles. The van der Waals surface area contributed by atoms with E-state index in [1.54, 1.807) is 19.4 Å². The van der Waals surface area contributed by atoms with Gasteiger partial charge in [0.25, 0.3) is 11.8 Å². The summed E-state index contributed by atoms with van der Waals surface area (Å²) in [5.74, 6) is 0.445. The molecule has 156 valence electrons. The Morgan fingerprint density at radius 1 is 1.34 bits per heavy atom. The summed E-state index contributed by atoms with van der Waals surface area (Å²) >= 11 is 0. The summed E-state index contributed by atoms with van der Waals surface area (Å²) in [6.07, 6.45) is 6.79. The zero-order valence-electron chi connectivity index (χ0n) is 17.0. The quantitative estimate of drug-likeness (QED) is 0.735. The van der Waals surface area contributed by atoms with Crippen LogP contribution in [-0.4, -0.2) is 72.4 Å². The van der Waals surface area contributed by atoms with Crippen molar-refractivity contribution < 1.29 is 18.8 Å². The second-order valence-electron chi connectivity index (χ2n) is 8.11. The molecule has 2 saturated heterocycles. The summed E-state index contributed by atoms with van der Waals surface area (Å²) in [5.41, 5.74) is 1.44. The average molecular weight is 400 g/mol. The highest BCUT2D eigenvalue weighted by molar-refractivity contribution is 5.91. The van der Waals surface area contributed by atoms with Gasteiger partial charge in [-0.2, -0.15) is 0 Å². The Morgan fingerprint density at radius 2 is 2.17 bits per heavy atom. The summed E-state index contributed by atoms with van der Waals surface area (Å²) in [6, 6.07) is 6.04. The maximum absolute atomic E-state index is 12.7. The van der Waals surface area contributed by atoms with Gasteiger partial charge in [0.05, 0.1) is 19.8 Å². The largest absolute Gasteiger partial charge is 0.479 e. The van der Waals surface area contributed by atoms with Gasteiger partial charge in [0, 0.05) is 51.7 Å². The number of methoxy groups -OCH3 is 2. The number of likely N-dealkylation sites (tertiary alicyclic amines) is 2. The van der Waals surface area contributed by atoms with Gasteiger partial charge in [-0.3, -0.25) is 14.7 Å². The molecule has 8 heteroatoms. The van der Waals surface area contributed by atoms with E-state index in [4.69, 9.17) is 14.0 Å². The van der Waals surface area contributed by atoms with Gasteiger partial charge in [-0.05, 0) is 41.5 Å². The van der Waals surface area contributed by atoms with Crippen LogP contribution in [0.4, 0.5) is 0 Å². The first-order chi connectivity index (χ1) is 14.1. The SMILES string of the molecule is COCC1CC2(CCN(C(=O)c3cc(OC)no3)CC2)CN1Cc1cccnc1. The van der Waals surface area contributed by atoms with Crippen molar-refractivity contribution in [1.29, 1.82) is 0 Å². The summed E-state index contributed by atoms with van der Waals surface area (Å²) in [4.78, 5) is 21.3. The van der Waals surface area contributed by atoms with Gasteiger partial charge in [0.15, 0.2) is 0 Å². The maximum atomic E-state index is 12.7. The van der Waals surface area contributed by atoms with Crippen molar-refractivity contribution in [3.8, 4) is 5.88 Å². The number of hydrogen-bond donors (Lipinski definition) is 0. The summed E-state index contributed by atoms with van der Waals surface area (Å²) < 4.78 is 15.6. The molecule has 0 aliphatic carbocycles. The van der Waals surface area contributed by atoms with Crippen LogP contribution >= 0.6 is 0 Å². The third-order valence-electron chi connectivity index (χ3n) is 6.21. The monoisotopic (exact) mass is 400 g/mol. The van der Waals surface area contributed by atoms with Crippen molar-refractivity contribution >= 4 is 5.91 Å². The van der Waals surface area contributed by atoms with Crippen LogP contribution in [0.1, 0.15) is 35.4 Å². The van der Waals surface area contributed by atoms with Crippen molar-refractivity contribution in [1.82, 2.24) is 19.9 Å². The molecule has 0 radical (unpaired) electrons. The second-order valence-corrected chi connectivity index (χ2v) is 8.11. The highest BCUT2D eigenvalue weighted by Crippen LogP contribution is 2.44. The molecule has 1 unspecified atom stereocenters. The van der Waals surface area contributed by atoms with E-state index in [2.05, 4.69) is 21.1 Å². The van der Waals surface area contributed by atoms with Crippen LogP contribution in [0.15, 0.2) is 35.1 Å². The zero-order valence-corrected chi connectivity index (χ0v) is 17.0. The van der Waals surface area contributed by atoms with Gasteiger partial charge in [-0.25, -0.2) is 0 Å². The number of pyridine rings is 1. The van der Waals surface area contributed by atoms with Crippen molar-refractivity contribution in [2.45, 2.75) is 31.8 Å². The third kappa shape index (κ3) is 4.28. The molecule has 0 saturated carbocycles. The first-order valence-electron chi connectivity index (χ1n) is 10.0. The average Bonchev–Trinajstić information content (AvgIpc) is 3.35. The van der Waals surface area contributed by atoms with Crippen molar-refractivity contribution in [3.63, 3.8) is 0 Å². The van der Waals surface area contributed by atoms with Crippen LogP contribution in [0.2, 0.25) is 0 Å². The van der Waals surface area contributed by atoms with E-state index in [1.807, 2.05) is 17.2 Å². The molecule has 4 heterocycles. The first-order valence-corrected chi connectivity index (χ1v) is 10.0. The van der Waals surface area contributed by atoms with E-state index < -0.39 is 0 Å².